The van der Waals surface area contributed by atoms with Crippen molar-refractivity contribution in [2.45, 2.75) is 12.8 Å². The van der Waals surface area contributed by atoms with Crippen molar-refractivity contribution >= 4 is 38.5 Å². The first-order valence-corrected chi connectivity index (χ1v) is 12.0. The predicted molar refractivity (Wildman–Crippen MR) is 140 cm³/mol. The molecule has 35 heavy (non-hydrogen) atoms. The number of imidazole rings is 1. The molecule has 0 amide bonds. The van der Waals surface area contributed by atoms with E-state index in [9.17, 15) is 0 Å². The van der Waals surface area contributed by atoms with Crippen LogP contribution in [0.15, 0.2) is 85.3 Å². The second-order valence-electron chi connectivity index (χ2n) is 9.74. The van der Waals surface area contributed by atoms with E-state index in [1.165, 1.54) is 55.3 Å². The van der Waals surface area contributed by atoms with Crippen LogP contribution in [0, 0.1) is 0 Å². The van der Waals surface area contributed by atoms with Gasteiger partial charge in [-0.15, -0.1) is 0 Å². The number of rotatable bonds is 0. The highest BCUT2D eigenvalue weighted by molar-refractivity contribution is 6.14. The summed E-state index contributed by atoms with van der Waals surface area (Å²) < 4.78 is 2.19. The topological polar surface area (TPSA) is 43.1 Å². The molecule has 4 heterocycles. The molecule has 4 heteroatoms. The van der Waals surface area contributed by atoms with Crippen molar-refractivity contribution in [3.05, 3.63) is 108 Å². The smallest absolute Gasteiger partial charge is 0.147 e. The second kappa shape index (κ2) is 6.10. The average molecular weight is 447 g/mol. The van der Waals surface area contributed by atoms with Gasteiger partial charge in [-0.1, -0.05) is 30.3 Å². The number of hydrogen-bond acceptors (Lipinski definition) is 3. The Morgan fingerprint density at radius 1 is 0.600 bits per heavy atom. The normalized spacial score (nSPS) is 13.5. The van der Waals surface area contributed by atoms with Gasteiger partial charge < -0.3 is 0 Å². The standard InChI is InChI=1S/C31H18N4/c1-2-5-21-17(4-1)10-18-11-19-12-20-13-27-26(15-25(20)24(19)14-23(18)21)22-6-3-8-33-30(22)35-29-7-9-32-16-28(29)34-31(27)35/h1-9,11,13-16H,10,12H2. The summed E-state index contributed by atoms with van der Waals surface area (Å²) in [5, 5.41) is 3.52. The molecule has 4 aromatic heterocycles. The lowest BCUT2D eigenvalue weighted by Gasteiger charge is -2.11. The largest absolute Gasteiger partial charge is 0.276 e. The molecular formula is C31H18N4. The van der Waals surface area contributed by atoms with Crippen molar-refractivity contribution < 1.29 is 0 Å². The maximum absolute atomic E-state index is 5.00. The molecule has 4 nitrogen and oxygen atoms in total. The zero-order chi connectivity index (χ0) is 22.7. The van der Waals surface area contributed by atoms with Gasteiger partial charge in [0.1, 0.15) is 16.8 Å². The van der Waals surface area contributed by atoms with E-state index in [2.05, 4.69) is 64.0 Å². The molecule has 0 fully saturated rings. The van der Waals surface area contributed by atoms with E-state index in [-0.39, 0.29) is 0 Å². The molecule has 2 aliphatic rings. The molecular weight excluding hydrogens is 428 g/mol. The lowest BCUT2D eigenvalue weighted by Crippen LogP contribution is -1.95. The number of pyridine rings is 3. The fourth-order valence-electron chi connectivity index (χ4n) is 6.40. The lowest BCUT2D eigenvalue weighted by molar-refractivity contribution is 1.21. The summed E-state index contributed by atoms with van der Waals surface area (Å²) in [7, 11) is 0. The number of aromatic nitrogens is 4. The molecule has 3 aromatic carbocycles. The summed E-state index contributed by atoms with van der Waals surface area (Å²) in [5.74, 6) is 0. The highest BCUT2D eigenvalue weighted by atomic mass is 15.1. The molecule has 9 rings (SSSR count). The van der Waals surface area contributed by atoms with Crippen LogP contribution in [0.5, 0.6) is 0 Å². The maximum atomic E-state index is 5.00. The Morgan fingerprint density at radius 2 is 1.43 bits per heavy atom. The molecule has 7 aromatic rings. The maximum Gasteiger partial charge on any atom is 0.147 e. The van der Waals surface area contributed by atoms with E-state index < -0.39 is 0 Å². The van der Waals surface area contributed by atoms with Crippen LogP contribution in [0.2, 0.25) is 0 Å². The fraction of sp³-hybridized carbons (Fsp3) is 0.0645. The van der Waals surface area contributed by atoms with Crippen LogP contribution in [-0.2, 0) is 12.8 Å². The van der Waals surface area contributed by atoms with Gasteiger partial charge in [-0.2, -0.15) is 0 Å². The van der Waals surface area contributed by atoms with Crippen LogP contribution >= 0.6 is 0 Å². The molecule has 0 N–H and O–H groups in total. The summed E-state index contributed by atoms with van der Waals surface area (Å²) in [6.07, 6.45) is 7.52. The van der Waals surface area contributed by atoms with E-state index >= 15 is 0 Å². The van der Waals surface area contributed by atoms with Crippen LogP contribution in [-0.4, -0.2) is 19.4 Å². The zero-order valence-electron chi connectivity index (χ0n) is 18.8. The highest BCUT2D eigenvalue weighted by Crippen LogP contribution is 2.46. The van der Waals surface area contributed by atoms with E-state index in [1.54, 1.807) is 0 Å². The van der Waals surface area contributed by atoms with Gasteiger partial charge in [0, 0.05) is 23.2 Å². The van der Waals surface area contributed by atoms with Gasteiger partial charge in [-0.3, -0.25) is 9.38 Å². The Morgan fingerprint density at radius 3 is 2.40 bits per heavy atom. The van der Waals surface area contributed by atoms with Crippen LogP contribution in [0.1, 0.15) is 22.3 Å². The fourth-order valence-corrected chi connectivity index (χ4v) is 6.40. The third kappa shape index (κ3) is 2.20. The first kappa shape index (κ1) is 17.8. The Kier molecular flexibility index (Phi) is 3.11. The van der Waals surface area contributed by atoms with Crippen molar-refractivity contribution in [2.75, 3.05) is 0 Å². The highest BCUT2D eigenvalue weighted by Gasteiger charge is 2.26. The number of nitrogens with zero attached hydrogens (tertiary/aromatic N) is 4. The second-order valence-corrected chi connectivity index (χ2v) is 9.74. The molecule has 0 saturated carbocycles. The Hall–Kier alpha value is -4.57. The Labute approximate surface area is 200 Å². The lowest BCUT2D eigenvalue weighted by atomic mass is 9.96. The van der Waals surface area contributed by atoms with E-state index in [1.807, 2.05) is 30.7 Å². The van der Waals surface area contributed by atoms with Crippen molar-refractivity contribution in [3.63, 3.8) is 0 Å². The van der Waals surface area contributed by atoms with Crippen molar-refractivity contribution in [2.24, 2.45) is 0 Å². The molecule has 0 atom stereocenters. The van der Waals surface area contributed by atoms with Gasteiger partial charge >= 0.3 is 0 Å². The Bertz CT molecular complexity index is 2070. The van der Waals surface area contributed by atoms with Crippen LogP contribution < -0.4 is 0 Å². The van der Waals surface area contributed by atoms with Crippen LogP contribution in [0.4, 0.5) is 0 Å². The van der Waals surface area contributed by atoms with Gasteiger partial charge in [0.25, 0.3) is 0 Å². The molecule has 0 saturated heterocycles. The number of benzene rings is 3. The van der Waals surface area contributed by atoms with E-state index in [4.69, 9.17) is 9.97 Å². The monoisotopic (exact) mass is 446 g/mol. The minimum absolute atomic E-state index is 0.894. The first-order chi connectivity index (χ1) is 17.3. The van der Waals surface area contributed by atoms with E-state index in [0.717, 1.165) is 40.6 Å². The predicted octanol–water partition coefficient (Wildman–Crippen LogP) is 6.73. The summed E-state index contributed by atoms with van der Waals surface area (Å²) in [4.78, 5) is 14.1. The minimum Gasteiger partial charge on any atom is -0.276 e. The number of fused-ring (bicyclic) bond motifs is 14. The quantitative estimate of drug-likeness (QED) is 0.243. The van der Waals surface area contributed by atoms with Crippen molar-refractivity contribution in [1.82, 2.24) is 19.4 Å². The molecule has 2 aliphatic carbocycles. The molecule has 0 unspecified atom stereocenters. The molecule has 0 aliphatic heterocycles. The summed E-state index contributed by atoms with van der Waals surface area (Å²) in [5.41, 5.74) is 15.0. The van der Waals surface area contributed by atoms with E-state index in [0.29, 0.717) is 0 Å². The van der Waals surface area contributed by atoms with Gasteiger partial charge in [-0.05, 0) is 99.1 Å². The number of hydrogen-bond donors (Lipinski definition) is 0. The van der Waals surface area contributed by atoms with Gasteiger partial charge in [0.2, 0.25) is 0 Å². The summed E-state index contributed by atoms with van der Waals surface area (Å²) >= 11 is 0. The SMILES string of the molecule is c1ccc2c(c1)Cc1cc3c(cc1-2)-c1cc2c4cccnc4n4c5ccncc5nc4c2cc1C3. The molecule has 0 bridgehead atoms. The zero-order valence-corrected chi connectivity index (χ0v) is 18.8. The first-order valence-electron chi connectivity index (χ1n) is 12.0. The van der Waals surface area contributed by atoms with Crippen LogP contribution in [0.3, 0.4) is 0 Å². The molecule has 162 valence electrons. The third-order valence-electron chi connectivity index (χ3n) is 7.92. The Balaban J connectivity index is 1.39. The van der Waals surface area contributed by atoms with Crippen LogP contribution in [0.25, 0.3) is 60.7 Å². The minimum atomic E-state index is 0.894. The van der Waals surface area contributed by atoms with Gasteiger partial charge in [-0.25, -0.2) is 9.97 Å². The summed E-state index contributed by atoms with van der Waals surface area (Å²) in [6.45, 7) is 0. The van der Waals surface area contributed by atoms with Gasteiger partial charge in [0.15, 0.2) is 0 Å². The molecule has 0 spiro atoms. The molecule has 0 radical (unpaired) electrons. The summed E-state index contributed by atoms with van der Waals surface area (Å²) in [6, 6.07) is 24.7. The van der Waals surface area contributed by atoms with Gasteiger partial charge in [0.05, 0.1) is 11.7 Å². The van der Waals surface area contributed by atoms with Crippen molar-refractivity contribution in [3.8, 4) is 22.3 Å². The third-order valence-corrected chi connectivity index (χ3v) is 7.92. The average Bonchev–Trinajstić information content (AvgIpc) is 3.57. The van der Waals surface area contributed by atoms with Crippen molar-refractivity contribution in [1.29, 1.82) is 0 Å².